The summed E-state index contributed by atoms with van der Waals surface area (Å²) in [5.74, 6) is -0.270. The Labute approximate surface area is 194 Å². The van der Waals surface area contributed by atoms with Crippen molar-refractivity contribution in [3.05, 3.63) is 65.9 Å². The molecule has 9 nitrogen and oxygen atoms in total. The van der Waals surface area contributed by atoms with E-state index in [2.05, 4.69) is 27.4 Å². The number of H-pyrrole nitrogens is 1. The lowest BCUT2D eigenvalue weighted by atomic mass is 9.74. The SMILES string of the molecule is CCCc1cc(C(=O)NCC2(c3ccccc3)CCCN(S(=O)(=O)c3cn(C)cn3)C2)n[nH]1. The molecule has 1 unspecified atom stereocenters. The maximum atomic E-state index is 13.3. The highest BCUT2D eigenvalue weighted by Gasteiger charge is 2.42. The minimum Gasteiger partial charge on any atom is -0.350 e. The molecular weight excluding hydrogens is 440 g/mol. The van der Waals surface area contributed by atoms with Gasteiger partial charge in [-0.05, 0) is 30.9 Å². The quantitative estimate of drug-likeness (QED) is 0.524. The number of nitrogens with one attached hydrogen (secondary N) is 2. The van der Waals surface area contributed by atoms with Gasteiger partial charge in [0.15, 0.2) is 5.03 Å². The summed E-state index contributed by atoms with van der Waals surface area (Å²) < 4.78 is 29.7. The Morgan fingerprint density at radius 3 is 2.76 bits per heavy atom. The molecule has 1 aliphatic heterocycles. The zero-order valence-electron chi connectivity index (χ0n) is 19.0. The van der Waals surface area contributed by atoms with Gasteiger partial charge in [-0.25, -0.2) is 13.4 Å². The Kier molecular flexibility index (Phi) is 6.66. The zero-order valence-corrected chi connectivity index (χ0v) is 19.8. The summed E-state index contributed by atoms with van der Waals surface area (Å²) in [7, 11) is -2.00. The number of benzene rings is 1. The van der Waals surface area contributed by atoms with Gasteiger partial charge in [0.1, 0.15) is 5.69 Å². The van der Waals surface area contributed by atoms with Crippen LogP contribution in [-0.2, 0) is 28.9 Å². The molecule has 0 saturated carbocycles. The van der Waals surface area contributed by atoms with E-state index < -0.39 is 15.4 Å². The summed E-state index contributed by atoms with van der Waals surface area (Å²) in [6, 6.07) is 11.6. The summed E-state index contributed by atoms with van der Waals surface area (Å²) in [4.78, 5) is 16.9. The van der Waals surface area contributed by atoms with Gasteiger partial charge in [0, 0.05) is 44.0 Å². The fourth-order valence-electron chi connectivity index (χ4n) is 4.44. The number of sulfonamides is 1. The number of hydrogen-bond acceptors (Lipinski definition) is 5. The van der Waals surface area contributed by atoms with Gasteiger partial charge < -0.3 is 9.88 Å². The van der Waals surface area contributed by atoms with Gasteiger partial charge in [0.25, 0.3) is 15.9 Å². The molecule has 10 heteroatoms. The number of aromatic nitrogens is 4. The molecule has 176 valence electrons. The molecule has 2 aromatic heterocycles. The van der Waals surface area contributed by atoms with Crippen molar-refractivity contribution in [3.63, 3.8) is 0 Å². The van der Waals surface area contributed by atoms with Crippen molar-refractivity contribution < 1.29 is 13.2 Å². The minimum atomic E-state index is -3.74. The summed E-state index contributed by atoms with van der Waals surface area (Å²) in [5, 5.41) is 10.1. The van der Waals surface area contributed by atoms with Crippen molar-refractivity contribution in [3.8, 4) is 0 Å². The van der Waals surface area contributed by atoms with Crippen molar-refractivity contribution in [1.29, 1.82) is 0 Å². The fourth-order valence-corrected chi connectivity index (χ4v) is 5.97. The molecule has 2 N–H and O–H groups in total. The van der Waals surface area contributed by atoms with Crippen molar-refractivity contribution in [1.82, 2.24) is 29.4 Å². The summed E-state index contributed by atoms with van der Waals surface area (Å²) in [5.41, 5.74) is 1.71. The molecular formula is C23H30N6O3S. The Hall–Kier alpha value is -2.98. The first-order chi connectivity index (χ1) is 15.8. The van der Waals surface area contributed by atoms with E-state index in [9.17, 15) is 13.2 Å². The third-order valence-electron chi connectivity index (χ3n) is 6.18. The second-order valence-electron chi connectivity index (χ2n) is 8.68. The third kappa shape index (κ3) is 4.86. The highest BCUT2D eigenvalue weighted by atomic mass is 32.2. The highest BCUT2D eigenvalue weighted by Crippen LogP contribution is 2.36. The molecule has 4 rings (SSSR count). The van der Waals surface area contributed by atoms with Gasteiger partial charge in [0.2, 0.25) is 0 Å². The number of rotatable bonds is 8. The van der Waals surface area contributed by atoms with E-state index in [1.54, 1.807) is 17.7 Å². The molecule has 1 saturated heterocycles. The lowest BCUT2D eigenvalue weighted by Crippen LogP contribution is -2.53. The second-order valence-corrected chi connectivity index (χ2v) is 10.6. The zero-order chi connectivity index (χ0) is 23.5. The molecule has 1 amide bonds. The van der Waals surface area contributed by atoms with E-state index in [1.807, 2.05) is 30.3 Å². The number of nitrogens with zero attached hydrogens (tertiary/aromatic N) is 4. The molecule has 3 heterocycles. The summed E-state index contributed by atoms with van der Waals surface area (Å²) in [6.45, 7) is 3.05. The highest BCUT2D eigenvalue weighted by molar-refractivity contribution is 7.89. The number of aryl methyl sites for hydroxylation is 2. The number of imidazole rings is 1. The minimum absolute atomic E-state index is 0.0397. The van der Waals surface area contributed by atoms with Crippen molar-refractivity contribution in [2.75, 3.05) is 19.6 Å². The molecule has 0 radical (unpaired) electrons. The van der Waals surface area contributed by atoms with Gasteiger partial charge in [0.05, 0.1) is 6.33 Å². The molecule has 1 aliphatic rings. The number of carbonyl (C=O) groups excluding carboxylic acids is 1. The first-order valence-electron chi connectivity index (χ1n) is 11.2. The first kappa shape index (κ1) is 23.2. The fraction of sp³-hybridized carbons (Fsp3) is 0.435. The Bertz CT molecular complexity index is 1200. The van der Waals surface area contributed by atoms with Crippen LogP contribution in [-0.4, -0.2) is 58.0 Å². The summed E-state index contributed by atoms with van der Waals surface area (Å²) in [6.07, 6.45) is 6.22. The lowest BCUT2D eigenvalue weighted by molar-refractivity contribution is 0.0927. The van der Waals surface area contributed by atoms with E-state index >= 15 is 0 Å². The monoisotopic (exact) mass is 470 g/mol. The maximum Gasteiger partial charge on any atom is 0.271 e. The van der Waals surface area contributed by atoms with Crippen LogP contribution in [0, 0.1) is 0 Å². The van der Waals surface area contributed by atoms with Crippen molar-refractivity contribution >= 4 is 15.9 Å². The van der Waals surface area contributed by atoms with Gasteiger partial charge in [-0.2, -0.15) is 9.40 Å². The maximum absolute atomic E-state index is 13.3. The lowest BCUT2D eigenvalue weighted by Gasteiger charge is -2.42. The van der Waals surface area contributed by atoms with E-state index in [4.69, 9.17) is 0 Å². The standard InChI is InChI=1S/C23H30N6O3S/c1-3-8-19-13-20(27-26-19)22(30)24-15-23(18-9-5-4-6-10-18)11-7-12-29(16-23)33(31,32)21-14-28(2)17-25-21/h4-6,9-10,13-14,17H,3,7-8,11-12,15-16H2,1-2H3,(H,24,30)(H,26,27). The molecule has 3 aromatic rings. The predicted octanol–water partition coefficient (Wildman–Crippen LogP) is 2.25. The van der Waals surface area contributed by atoms with E-state index in [0.29, 0.717) is 25.2 Å². The van der Waals surface area contributed by atoms with Crippen LogP contribution in [0.2, 0.25) is 0 Å². The molecule has 0 spiro atoms. The Morgan fingerprint density at radius 1 is 1.27 bits per heavy atom. The topological polar surface area (TPSA) is 113 Å². The number of hydrogen-bond donors (Lipinski definition) is 2. The van der Waals surface area contributed by atoms with Crippen LogP contribution in [0.3, 0.4) is 0 Å². The molecule has 33 heavy (non-hydrogen) atoms. The second kappa shape index (κ2) is 9.48. The number of amides is 1. The van der Waals surface area contributed by atoms with E-state index in [-0.39, 0.29) is 17.5 Å². The molecule has 0 bridgehead atoms. The van der Waals surface area contributed by atoms with Crippen LogP contribution in [0.5, 0.6) is 0 Å². The predicted molar refractivity (Wildman–Crippen MR) is 124 cm³/mol. The van der Waals surface area contributed by atoms with E-state index in [0.717, 1.165) is 30.5 Å². The first-order valence-corrected chi connectivity index (χ1v) is 12.6. The Balaban J connectivity index is 1.59. The average Bonchev–Trinajstić information content (AvgIpc) is 3.48. The summed E-state index contributed by atoms with van der Waals surface area (Å²) >= 11 is 0. The normalized spacial score (nSPS) is 19.5. The van der Waals surface area contributed by atoms with Crippen LogP contribution in [0.15, 0.2) is 53.9 Å². The van der Waals surface area contributed by atoms with Gasteiger partial charge in [-0.15, -0.1) is 0 Å². The number of piperidine rings is 1. The van der Waals surface area contributed by atoms with Gasteiger partial charge >= 0.3 is 0 Å². The number of carbonyl (C=O) groups is 1. The van der Waals surface area contributed by atoms with Crippen molar-refractivity contribution in [2.24, 2.45) is 7.05 Å². The van der Waals surface area contributed by atoms with Crippen LogP contribution >= 0.6 is 0 Å². The van der Waals surface area contributed by atoms with Crippen LogP contribution in [0.25, 0.3) is 0 Å². The average molecular weight is 471 g/mol. The smallest absolute Gasteiger partial charge is 0.271 e. The molecule has 1 fully saturated rings. The van der Waals surface area contributed by atoms with Gasteiger partial charge in [-0.3, -0.25) is 9.89 Å². The molecule has 1 atom stereocenters. The molecule has 1 aromatic carbocycles. The van der Waals surface area contributed by atoms with Crippen molar-refractivity contribution in [2.45, 2.75) is 43.0 Å². The number of aromatic amines is 1. The van der Waals surface area contributed by atoms with Crippen LogP contribution in [0.1, 0.15) is 47.9 Å². The largest absolute Gasteiger partial charge is 0.350 e. The van der Waals surface area contributed by atoms with Crippen LogP contribution in [0.4, 0.5) is 0 Å². The molecule has 0 aliphatic carbocycles. The Morgan fingerprint density at radius 2 is 2.06 bits per heavy atom. The third-order valence-corrected chi connectivity index (χ3v) is 7.91. The van der Waals surface area contributed by atoms with E-state index in [1.165, 1.54) is 16.8 Å². The van der Waals surface area contributed by atoms with Gasteiger partial charge in [-0.1, -0.05) is 43.7 Å². The van der Waals surface area contributed by atoms with Crippen LogP contribution < -0.4 is 5.32 Å².